The molecule has 1 aromatic rings. The van der Waals surface area contributed by atoms with Crippen LogP contribution in [0.2, 0.25) is 0 Å². The van der Waals surface area contributed by atoms with Gasteiger partial charge in [-0.05, 0) is 5.56 Å². The highest BCUT2D eigenvalue weighted by Crippen LogP contribution is 2.00. The summed E-state index contributed by atoms with van der Waals surface area (Å²) >= 11 is 0. The quantitative estimate of drug-likeness (QED) is 0.630. The molecule has 0 saturated carbocycles. The van der Waals surface area contributed by atoms with Gasteiger partial charge in [-0.1, -0.05) is 73.9 Å². The van der Waals surface area contributed by atoms with E-state index in [0.717, 1.165) is 6.08 Å². The third-order valence-corrected chi connectivity index (χ3v) is 1.62. The second-order valence-corrected chi connectivity index (χ2v) is 2.93. The van der Waals surface area contributed by atoms with Crippen molar-refractivity contribution >= 4 is 12.0 Å². The van der Waals surface area contributed by atoms with Crippen LogP contribution in [0.25, 0.3) is 6.08 Å². The van der Waals surface area contributed by atoms with E-state index in [1.165, 1.54) is 5.56 Å². The van der Waals surface area contributed by atoms with Crippen LogP contribution in [0.5, 0.6) is 0 Å². The van der Waals surface area contributed by atoms with Gasteiger partial charge in [-0.25, -0.2) is 4.79 Å². The molecule has 0 amide bonds. The van der Waals surface area contributed by atoms with Gasteiger partial charge in [-0.2, -0.15) is 0 Å². The van der Waals surface area contributed by atoms with Crippen LogP contribution in [0, 0.1) is 0 Å². The highest BCUT2D eigenvalue weighted by Gasteiger charge is 1.78. The number of allylic oxidation sites excluding steroid dienone is 4. The molecule has 0 aliphatic carbocycles. The molecule has 17 heavy (non-hydrogen) atoms. The summed E-state index contributed by atoms with van der Waals surface area (Å²) in [5.74, 6) is -0.981. The monoisotopic (exact) mass is 228 g/mol. The number of carboxylic acids is 1. The normalized spacial score (nSPS) is 9.65. The van der Waals surface area contributed by atoms with Crippen molar-refractivity contribution < 1.29 is 9.90 Å². The molecule has 0 saturated heterocycles. The number of carboxylic acid groups (broad SMARTS) is 1. The van der Waals surface area contributed by atoms with E-state index in [2.05, 4.69) is 31.4 Å². The maximum absolute atomic E-state index is 9.25. The fraction of sp³-hybridized carbons (Fsp3) is 0. The molecule has 0 spiro atoms. The van der Waals surface area contributed by atoms with Gasteiger partial charge in [0.1, 0.15) is 0 Å². The molecule has 0 aliphatic heterocycles. The Kier molecular flexibility index (Phi) is 8.77. The van der Waals surface area contributed by atoms with Gasteiger partial charge in [0, 0.05) is 6.08 Å². The lowest BCUT2D eigenvalue weighted by molar-refractivity contribution is -0.131. The topological polar surface area (TPSA) is 37.3 Å². The molecule has 0 radical (unpaired) electrons. The van der Waals surface area contributed by atoms with E-state index in [1.54, 1.807) is 6.08 Å². The molecule has 0 atom stereocenters. The minimum atomic E-state index is -0.981. The van der Waals surface area contributed by atoms with Gasteiger partial charge in [0.05, 0.1) is 0 Å². The second-order valence-electron chi connectivity index (χ2n) is 2.93. The molecule has 0 aliphatic rings. The summed E-state index contributed by atoms with van der Waals surface area (Å²) in [6, 6.07) is 10.2. The Bertz CT molecular complexity index is 400. The fourth-order valence-electron chi connectivity index (χ4n) is 0.874. The van der Waals surface area contributed by atoms with E-state index < -0.39 is 5.97 Å². The molecular weight excluding hydrogens is 212 g/mol. The largest absolute Gasteiger partial charge is 0.478 e. The standard InChI is InChI=1S/C12H12.C3H4O2/c1-2-3-4-6-9-12-10-7-5-8-11-12;1-2-3(4)5/h2-11H,1H2;2H,1H2,(H,4,5). The maximum atomic E-state index is 9.25. The first-order valence-electron chi connectivity index (χ1n) is 5.07. The predicted molar refractivity (Wildman–Crippen MR) is 72.6 cm³/mol. The minimum absolute atomic E-state index is 0.833. The van der Waals surface area contributed by atoms with Gasteiger partial charge in [0.15, 0.2) is 0 Å². The third-order valence-electron chi connectivity index (χ3n) is 1.62. The molecule has 88 valence electrons. The zero-order valence-electron chi connectivity index (χ0n) is 9.62. The van der Waals surface area contributed by atoms with Crippen LogP contribution in [-0.2, 0) is 4.79 Å². The fourth-order valence-corrected chi connectivity index (χ4v) is 0.874. The third kappa shape index (κ3) is 9.94. The van der Waals surface area contributed by atoms with Gasteiger partial charge < -0.3 is 5.11 Å². The summed E-state index contributed by atoms with van der Waals surface area (Å²) in [6.45, 7) is 6.55. The molecule has 2 heteroatoms. The molecular formula is C15H16O2. The van der Waals surface area contributed by atoms with Crippen molar-refractivity contribution in [1.29, 1.82) is 0 Å². The van der Waals surface area contributed by atoms with Crippen molar-refractivity contribution in [2.24, 2.45) is 0 Å². The lowest BCUT2D eigenvalue weighted by Crippen LogP contribution is -1.82. The van der Waals surface area contributed by atoms with Gasteiger partial charge in [0.25, 0.3) is 0 Å². The zero-order chi connectivity index (χ0) is 12.9. The smallest absolute Gasteiger partial charge is 0.327 e. The summed E-state index contributed by atoms with van der Waals surface area (Å²) in [7, 11) is 0. The van der Waals surface area contributed by atoms with E-state index >= 15 is 0 Å². The van der Waals surface area contributed by atoms with Crippen molar-refractivity contribution in [3.05, 3.63) is 79.4 Å². The minimum Gasteiger partial charge on any atom is -0.478 e. The Morgan fingerprint density at radius 3 is 2.12 bits per heavy atom. The van der Waals surface area contributed by atoms with E-state index in [9.17, 15) is 4.79 Å². The summed E-state index contributed by atoms with van der Waals surface area (Å²) in [6.07, 6.45) is 10.5. The van der Waals surface area contributed by atoms with Gasteiger partial charge in [0.2, 0.25) is 0 Å². The molecule has 0 unspecified atom stereocenters. The molecule has 1 aromatic carbocycles. The van der Waals surface area contributed by atoms with Crippen molar-refractivity contribution in [2.75, 3.05) is 0 Å². The lowest BCUT2D eigenvalue weighted by Gasteiger charge is -1.87. The van der Waals surface area contributed by atoms with Gasteiger partial charge in [-0.15, -0.1) is 0 Å². The van der Waals surface area contributed by atoms with Crippen LogP contribution in [0.4, 0.5) is 0 Å². The number of hydrogen-bond acceptors (Lipinski definition) is 1. The summed E-state index contributed by atoms with van der Waals surface area (Å²) in [5.41, 5.74) is 1.21. The number of carbonyl (C=O) groups is 1. The molecule has 0 heterocycles. The Balaban J connectivity index is 0.000000437. The predicted octanol–water partition coefficient (Wildman–Crippen LogP) is 3.70. The van der Waals surface area contributed by atoms with Gasteiger partial charge in [-0.3, -0.25) is 0 Å². The van der Waals surface area contributed by atoms with Crippen LogP contribution < -0.4 is 0 Å². The van der Waals surface area contributed by atoms with Crippen molar-refractivity contribution in [1.82, 2.24) is 0 Å². The van der Waals surface area contributed by atoms with Crippen LogP contribution in [0.3, 0.4) is 0 Å². The Labute approximate surface area is 102 Å². The highest BCUT2D eigenvalue weighted by atomic mass is 16.4. The van der Waals surface area contributed by atoms with Crippen molar-refractivity contribution in [3.8, 4) is 0 Å². The average molecular weight is 228 g/mol. The molecule has 1 rings (SSSR count). The van der Waals surface area contributed by atoms with Crippen LogP contribution in [0.1, 0.15) is 5.56 Å². The summed E-state index contributed by atoms with van der Waals surface area (Å²) in [5, 5.41) is 7.60. The molecule has 0 bridgehead atoms. The summed E-state index contributed by atoms with van der Waals surface area (Å²) < 4.78 is 0. The summed E-state index contributed by atoms with van der Waals surface area (Å²) in [4.78, 5) is 9.25. The highest BCUT2D eigenvalue weighted by molar-refractivity contribution is 5.78. The molecule has 2 nitrogen and oxygen atoms in total. The van der Waals surface area contributed by atoms with Crippen LogP contribution in [-0.4, -0.2) is 11.1 Å². The molecule has 0 fully saturated rings. The first-order valence-corrected chi connectivity index (χ1v) is 5.07. The number of aliphatic carboxylic acids is 1. The Morgan fingerprint density at radius 2 is 1.65 bits per heavy atom. The average Bonchev–Trinajstić information content (AvgIpc) is 2.37. The molecule has 1 N–H and O–H groups in total. The lowest BCUT2D eigenvalue weighted by atomic mass is 10.2. The maximum Gasteiger partial charge on any atom is 0.327 e. The van der Waals surface area contributed by atoms with E-state index in [4.69, 9.17) is 5.11 Å². The zero-order valence-corrected chi connectivity index (χ0v) is 9.62. The first-order chi connectivity index (χ1) is 8.20. The first kappa shape index (κ1) is 14.6. The number of rotatable bonds is 4. The number of hydrogen-bond donors (Lipinski definition) is 1. The van der Waals surface area contributed by atoms with Gasteiger partial charge >= 0.3 is 5.97 Å². The Morgan fingerprint density at radius 1 is 1.06 bits per heavy atom. The SMILES string of the molecule is C=CC(=O)O.C=CC=CC=Cc1ccccc1. The van der Waals surface area contributed by atoms with E-state index in [1.807, 2.05) is 36.4 Å². The van der Waals surface area contributed by atoms with E-state index in [0.29, 0.717) is 0 Å². The number of benzene rings is 1. The van der Waals surface area contributed by atoms with E-state index in [-0.39, 0.29) is 0 Å². The van der Waals surface area contributed by atoms with Crippen LogP contribution in [0.15, 0.2) is 73.9 Å². The van der Waals surface area contributed by atoms with Crippen LogP contribution >= 0.6 is 0 Å². The van der Waals surface area contributed by atoms with Crippen molar-refractivity contribution in [2.45, 2.75) is 0 Å². The second kappa shape index (κ2) is 10.2. The van der Waals surface area contributed by atoms with Crippen molar-refractivity contribution in [3.63, 3.8) is 0 Å². The Hall–Kier alpha value is -2.35. The molecule has 0 aromatic heterocycles.